The Labute approximate surface area is 89.7 Å². The molecular weight excluding hydrogens is 192 g/mol. The third-order valence-corrected chi connectivity index (χ3v) is 1.89. The van der Waals surface area contributed by atoms with E-state index < -0.39 is 0 Å². The number of hydrogen-bond acceptors (Lipinski definition) is 3. The molecule has 2 N–H and O–H groups in total. The number of ether oxygens (including phenoxy) is 1. The van der Waals surface area contributed by atoms with Crippen molar-refractivity contribution in [3.63, 3.8) is 0 Å². The number of aromatic nitrogens is 1. The van der Waals surface area contributed by atoms with Crippen molar-refractivity contribution in [1.29, 1.82) is 0 Å². The molecule has 0 saturated heterocycles. The van der Waals surface area contributed by atoms with Crippen molar-refractivity contribution < 1.29 is 4.74 Å². The molecule has 1 aromatic heterocycles. The fraction of sp³-hybridized carbons (Fsp3) is 0.545. The largest absolute Gasteiger partial charge is 0.394 e. The second-order valence-electron chi connectivity index (χ2n) is 4.46. The van der Waals surface area contributed by atoms with Gasteiger partial charge in [-0.1, -0.05) is 0 Å². The summed E-state index contributed by atoms with van der Waals surface area (Å²) in [6, 6.07) is 1.46. The molecule has 0 aliphatic heterocycles. The van der Waals surface area contributed by atoms with Gasteiger partial charge in [-0.3, -0.25) is 4.79 Å². The number of pyridine rings is 1. The van der Waals surface area contributed by atoms with Crippen molar-refractivity contribution >= 4 is 5.69 Å². The lowest BCUT2D eigenvalue weighted by Gasteiger charge is -2.19. The van der Waals surface area contributed by atoms with Crippen LogP contribution in [0.1, 0.15) is 20.8 Å². The summed E-state index contributed by atoms with van der Waals surface area (Å²) in [4.78, 5) is 11.0. The van der Waals surface area contributed by atoms with Gasteiger partial charge in [0.1, 0.15) is 0 Å². The molecule has 1 rings (SSSR count). The van der Waals surface area contributed by atoms with E-state index in [2.05, 4.69) is 0 Å². The minimum absolute atomic E-state index is 0.134. The first kappa shape index (κ1) is 11.8. The van der Waals surface area contributed by atoms with Gasteiger partial charge in [0.15, 0.2) is 0 Å². The van der Waals surface area contributed by atoms with Gasteiger partial charge < -0.3 is 15.0 Å². The van der Waals surface area contributed by atoms with E-state index in [0.717, 1.165) is 0 Å². The lowest BCUT2D eigenvalue weighted by atomic mass is 10.2. The van der Waals surface area contributed by atoms with Crippen LogP contribution in [-0.2, 0) is 11.3 Å². The molecule has 0 aliphatic rings. The van der Waals surface area contributed by atoms with Crippen molar-refractivity contribution in [2.24, 2.45) is 0 Å². The van der Waals surface area contributed by atoms with Crippen LogP contribution in [0.5, 0.6) is 0 Å². The predicted octanol–water partition coefficient (Wildman–Crippen LogP) is 1.25. The molecule has 0 radical (unpaired) electrons. The average molecular weight is 210 g/mol. The van der Waals surface area contributed by atoms with Gasteiger partial charge in [-0.25, -0.2) is 0 Å². The minimum atomic E-state index is -0.136. The van der Waals surface area contributed by atoms with E-state index in [-0.39, 0.29) is 16.7 Å². The second kappa shape index (κ2) is 4.49. The Hall–Kier alpha value is -1.29. The van der Waals surface area contributed by atoms with Gasteiger partial charge in [-0.2, -0.15) is 0 Å². The van der Waals surface area contributed by atoms with Gasteiger partial charge >= 0.3 is 0 Å². The van der Waals surface area contributed by atoms with Crippen molar-refractivity contribution in [3.8, 4) is 0 Å². The monoisotopic (exact) mass is 210 g/mol. The van der Waals surface area contributed by atoms with Gasteiger partial charge in [-0.15, -0.1) is 0 Å². The zero-order chi connectivity index (χ0) is 11.5. The van der Waals surface area contributed by atoms with Gasteiger partial charge in [-0.05, 0) is 20.8 Å². The molecule has 1 heterocycles. The number of nitrogens with zero attached hydrogens (tertiary/aromatic N) is 1. The fourth-order valence-corrected chi connectivity index (χ4v) is 1.14. The zero-order valence-corrected chi connectivity index (χ0v) is 9.49. The fourth-order valence-electron chi connectivity index (χ4n) is 1.14. The van der Waals surface area contributed by atoms with Crippen LogP contribution in [0.3, 0.4) is 0 Å². The first-order chi connectivity index (χ1) is 6.88. The van der Waals surface area contributed by atoms with Crippen molar-refractivity contribution in [1.82, 2.24) is 4.57 Å². The van der Waals surface area contributed by atoms with E-state index in [1.807, 2.05) is 25.3 Å². The predicted molar refractivity (Wildman–Crippen MR) is 60.8 cm³/mol. The highest BCUT2D eigenvalue weighted by Crippen LogP contribution is 2.06. The molecule has 0 unspecified atom stereocenters. The Balaban J connectivity index is 2.52. The second-order valence-corrected chi connectivity index (χ2v) is 4.46. The molecule has 0 aliphatic carbocycles. The van der Waals surface area contributed by atoms with Crippen molar-refractivity contribution in [3.05, 3.63) is 28.7 Å². The molecule has 0 aromatic carbocycles. The standard InChI is InChI=1S/C11H18N2O2/c1-11(2,3)15-7-6-13-5-4-10(14)9(12)8-13/h4-5,8H,6-7,12H2,1-3H3. The first-order valence-corrected chi connectivity index (χ1v) is 4.98. The summed E-state index contributed by atoms with van der Waals surface area (Å²) in [5, 5.41) is 0. The normalized spacial score (nSPS) is 11.7. The Bertz CT molecular complexity index is 377. The van der Waals surface area contributed by atoms with Crippen LogP contribution in [-0.4, -0.2) is 16.8 Å². The number of rotatable bonds is 3. The molecule has 1 aromatic rings. The number of nitrogens with two attached hydrogens (primary N) is 1. The van der Waals surface area contributed by atoms with Gasteiger partial charge in [0, 0.05) is 25.0 Å². The minimum Gasteiger partial charge on any atom is -0.394 e. The van der Waals surface area contributed by atoms with Gasteiger partial charge in [0.05, 0.1) is 17.9 Å². The average Bonchev–Trinajstić information content (AvgIpc) is 2.09. The Kier molecular flexibility index (Phi) is 3.52. The van der Waals surface area contributed by atoms with E-state index >= 15 is 0 Å². The Morgan fingerprint density at radius 3 is 2.67 bits per heavy atom. The van der Waals surface area contributed by atoms with Crippen LogP contribution in [0.2, 0.25) is 0 Å². The smallest absolute Gasteiger partial charge is 0.204 e. The highest BCUT2D eigenvalue weighted by Gasteiger charge is 2.08. The highest BCUT2D eigenvalue weighted by molar-refractivity contribution is 5.33. The summed E-state index contributed by atoms with van der Waals surface area (Å²) >= 11 is 0. The van der Waals surface area contributed by atoms with Crippen molar-refractivity contribution in [2.45, 2.75) is 32.9 Å². The van der Waals surface area contributed by atoms with Crippen LogP contribution in [0.4, 0.5) is 5.69 Å². The first-order valence-electron chi connectivity index (χ1n) is 4.98. The van der Waals surface area contributed by atoms with E-state index in [1.54, 1.807) is 12.4 Å². The molecule has 0 spiro atoms. The number of hydrogen-bond donors (Lipinski definition) is 1. The summed E-state index contributed by atoms with van der Waals surface area (Å²) in [6.07, 6.45) is 3.35. The van der Waals surface area contributed by atoms with Crippen molar-refractivity contribution in [2.75, 3.05) is 12.3 Å². The van der Waals surface area contributed by atoms with E-state index in [4.69, 9.17) is 10.5 Å². The SMILES string of the molecule is CC(C)(C)OCCn1ccc(=O)c(N)c1. The highest BCUT2D eigenvalue weighted by atomic mass is 16.5. The quantitative estimate of drug-likeness (QED) is 0.816. The molecule has 0 fully saturated rings. The van der Waals surface area contributed by atoms with E-state index in [1.165, 1.54) is 6.07 Å². The van der Waals surface area contributed by atoms with Crippen LogP contribution < -0.4 is 11.2 Å². The van der Waals surface area contributed by atoms with E-state index in [0.29, 0.717) is 13.2 Å². The Morgan fingerprint density at radius 2 is 2.13 bits per heavy atom. The third-order valence-electron chi connectivity index (χ3n) is 1.89. The lowest BCUT2D eigenvalue weighted by molar-refractivity contribution is -0.00685. The molecule has 0 saturated carbocycles. The molecule has 0 amide bonds. The topological polar surface area (TPSA) is 57.2 Å². The third kappa shape index (κ3) is 4.16. The summed E-state index contributed by atoms with van der Waals surface area (Å²) < 4.78 is 7.41. The van der Waals surface area contributed by atoms with Crippen LogP contribution >= 0.6 is 0 Å². The molecule has 84 valence electrons. The molecular formula is C11H18N2O2. The lowest BCUT2D eigenvalue weighted by Crippen LogP contribution is -2.22. The molecule has 15 heavy (non-hydrogen) atoms. The zero-order valence-electron chi connectivity index (χ0n) is 9.49. The number of anilines is 1. The maximum atomic E-state index is 11.0. The summed E-state index contributed by atoms with van der Waals surface area (Å²) in [6.45, 7) is 7.32. The Morgan fingerprint density at radius 1 is 1.47 bits per heavy atom. The molecule has 0 bridgehead atoms. The molecule has 4 heteroatoms. The maximum Gasteiger partial charge on any atom is 0.204 e. The number of nitrogen functional groups attached to an aromatic ring is 1. The summed E-state index contributed by atoms with van der Waals surface area (Å²) in [5.74, 6) is 0. The molecule has 0 atom stereocenters. The maximum absolute atomic E-state index is 11.0. The van der Waals surface area contributed by atoms with Crippen LogP contribution in [0.25, 0.3) is 0 Å². The van der Waals surface area contributed by atoms with E-state index in [9.17, 15) is 4.79 Å². The van der Waals surface area contributed by atoms with Crippen LogP contribution in [0.15, 0.2) is 23.3 Å². The van der Waals surface area contributed by atoms with Crippen LogP contribution in [0, 0.1) is 0 Å². The summed E-state index contributed by atoms with van der Waals surface area (Å²) in [7, 11) is 0. The van der Waals surface area contributed by atoms with Gasteiger partial charge in [0.25, 0.3) is 0 Å². The van der Waals surface area contributed by atoms with Gasteiger partial charge in [0.2, 0.25) is 5.43 Å². The molecule has 4 nitrogen and oxygen atoms in total. The summed E-state index contributed by atoms with van der Waals surface area (Å²) in [5.41, 5.74) is 5.51.